The zero-order chi connectivity index (χ0) is 17.8. The Labute approximate surface area is 140 Å². The molecule has 7 nitrogen and oxygen atoms in total. The summed E-state index contributed by atoms with van der Waals surface area (Å²) in [7, 11) is 0. The van der Waals surface area contributed by atoms with Crippen LogP contribution in [-0.4, -0.2) is 56.3 Å². The van der Waals surface area contributed by atoms with Gasteiger partial charge in [-0.2, -0.15) is 0 Å². The van der Waals surface area contributed by atoms with Gasteiger partial charge in [0.15, 0.2) is 0 Å². The Kier molecular flexibility index (Phi) is 3.82. The Balaban J connectivity index is 1.73. The molecule has 4 bridgehead atoms. The summed E-state index contributed by atoms with van der Waals surface area (Å²) in [6.07, 6.45) is 1.81. The summed E-state index contributed by atoms with van der Waals surface area (Å²) in [5.41, 5.74) is -4.83. The van der Waals surface area contributed by atoms with E-state index in [0.29, 0.717) is 0 Å². The van der Waals surface area contributed by atoms with Crippen molar-refractivity contribution in [1.82, 2.24) is 0 Å². The van der Waals surface area contributed by atoms with Crippen LogP contribution in [0.25, 0.3) is 0 Å². The molecule has 7 heteroatoms. The molecule has 24 heavy (non-hydrogen) atoms. The van der Waals surface area contributed by atoms with Gasteiger partial charge in [0.25, 0.3) is 0 Å². The number of aliphatic hydroxyl groups is 3. The fourth-order valence-corrected chi connectivity index (χ4v) is 5.20. The van der Waals surface area contributed by atoms with Gasteiger partial charge in [0.05, 0.1) is 23.2 Å². The Hall–Kier alpha value is -1.44. The maximum Gasteiger partial charge on any atom is 0.330 e. The van der Waals surface area contributed by atoms with E-state index in [-0.39, 0.29) is 45.1 Å². The van der Waals surface area contributed by atoms with E-state index in [2.05, 4.69) is 6.58 Å². The number of ether oxygens (including phenoxy) is 2. The highest BCUT2D eigenvalue weighted by atomic mass is 16.6. The number of rotatable bonds is 5. The summed E-state index contributed by atoms with van der Waals surface area (Å²) in [5.74, 6) is -1.61. The van der Waals surface area contributed by atoms with Crippen LogP contribution in [0, 0.1) is 5.92 Å². The van der Waals surface area contributed by atoms with Crippen LogP contribution in [0.1, 0.15) is 45.4 Å². The van der Waals surface area contributed by atoms with Gasteiger partial charge in [-0.3, -0.25) is 4.79 Å². The second-order valence-electron chi connectivity index (χ2n) is 7.82. The van der Waals surface area contributed by atoms with Crippen molar-refractivity contribution < 1.29 is 34.4 Å². The highest BCUT2D eigenvalue weighted by Crippen LogP contribution is 2.64. The zero-order valence-electron chi connectivity index (χ0n) is 13.8. The molecule has 4 aliphatic carbocycles. The van der Waals surface area contributed by atoms with Crippen LogP contribution in [0.5, 0.6) is 0 Å². The Morgan fingerprint density at radius 3 is 2.25 bits per heavy atom. The second kappa shape index (κ2) is 5.28. The van der Waals surface area contributed by atoms with Gasteiger partial charge in [-0.15, -0.1) is 0 Å². The summed E-state index contributed by atoms with van der Waals surface area (Å²) in [4.78, 5) is 23.2. The lowest BCUT2D eigenvalue weighted by Gasteiger charge is -2.67. The first-order valence-electron chi connectivity index (χ1n) is 8.22. The molecule has 0 amide bonds. The minimum Gasteiger partial charge on any atom is -0.462 e. The predicted molar refractivity (Wildman–Crippen MR) is 81.7 cm³/mol. The van der Waals surface area contributed by atoms with Gasteiger partial charge >= 0.3 is 11.9 Å². The van der Waals surface area contributed by atoms with Crippen LogP contribution in [0.2, 0.25) is 0 Å². The molecular formula is C17H24O7. The molecule has 3 N–H and O–H groups in total. The van der Waals surface area contributed by atoms with Gasteiger partial charge in [0, 0.05) is 44.1 Å². The summed E-state index contributed by atoms with van der Waals surface area (Å²) >= 11 is 0. The minimum atomic E-state index is -1.26. The van der Waals surface area contributed by atoms with E-state index < -0.39 is 40.3 Å². The predicted octanol–water partition coefficient (Wildman–Crippen LogP) is 0.208. The maximum atomic E-state index is 12.2. The van der Waals surface area contributed by atoms with Crippen LogP contribution >= 0.6 is 0 Å². The SMILES string of the molecule is C=CC(=O)OCCC(=O)OC12CC3(O)CC(O)(CC(O)(C3)C1C)C2. The first-order chi connectivity index (χ1) is 11.0. The molecule has 0 aromatic carbocycles. The largest absolute Gasteiger partial charge is 0.462 e. The van der Waals surface area contributed by atoms with Gasteiger partial charge in [-0.25, -0.2) is 4.79 Å². The van der Waals surface area contributed by atoms with Gasteiger partial charge in [0.1, 0.15) is 12.2 Å². The lowest BCUT2D eigenvalue weighted by atomic mass is 9.45. The highest BCUT2D eigenvalue weighted by Gasteiger charge is 2.72. The third-order valence-electron chi connectivity index (χ3n) is 5.81. The number of carbonyl (C=O) groups is 2. The smallest absolute Gasteiger partial charge is 0.330 e. The quantitative estimate of drug-likeness (QED) is 0.484. The fourth-order valence-electron chi connectivity index (χ4n) is 5.20. The van der Waals surface area contributed by atoms with E-state index in [1.54, 1.807) is 6.92 Å². The van der Waals surface area contributed by atoms with Gasteiger partial charge in [-0.05, 0) is 0 Å². The summed E-state index contributed by atoms with van der Waals surface area (Å²) in [6, 6.07) is 0. The molecule has 0 aromatic heterocycles. The molecule has 134 valence electrons. The Bertz CT molecular complexity index is 565. The monoisotopic (exact) mass is 340 g/mol. The van der Waals surface area contributed by atoms with Crippen LogP contribution < -0.4 is 0 Å². The maximum absolute atomic E-state index is 12.2. The van der Waals surface area contributed by atoms with Crippen molar-refractivity contribution in [3.63, 3.8) is 0 Å². The average molecular weight is 340 g/mol. The third-order valence-corrected chi connectivity index (χ3v) is 5.81. The van der Waals surface area contributed by atoms with E-state index in [9.17, 15) is 24.9 Å². The molecule has 4 saturated carbocycles. The van der Waals surface area contributed by atoms with Gasteiger partial charge < -0.3 is 24.8 Å². The van der Waals surface area contributed by atoms with Crippen molar-refractivity contribution in [2.24, 2.45) is 5.92 Å². The summed E-state index contributed by atoms with van der Waals surface area (Å²) in [6.45, 7) is 4.92. The number of esters is 2. The highest BCUT2D eigenvalue weighted by molar-refractivity contribution is 5.81. The minimum absolute atomic E-state index is 0.132. The molecular weight excluding hydrogens is 316 g/mol. The molecule has 0 heterocycles. The van der Waals surface area contributed by atoms with Crippen LogP contribution in [0.4, 0.5) is 0 Å². The Morgan fingerprint density at radius 2 is 1.71 bits per heavy atom. The fraction of sp³-hybridized carbons (Fsp3) is 0.765. The first-order valence-corrected chi connectivity index (χ1v) is 8.22. The van der Waals surface area contributed by atoms with E-state index in [4.69, 9.17) is 9.47 Å². The van der Waals surface area contributed by atoms with Crippen molar-refractivity contribution in [2.45, 2.75) is 67.9 Å². The zero-order valence-corrected chi connectivity index (χ0v) is 13.8. The van der Waals surface area contributed by atoms with E-state index in [0.717, 1.165) is 6.08 Å². The molecule has 4 fully saturated rings. The van der Waals surface area contributed by atoms with Gasteiger partial charge in [0.2, 0.25) is 0 Å². The molecule has 4 aliphatic rings. The average Bonchev–Trinajstić information content (AvgIpc) is 2.41. The van der Waals surface area contributed by atoms with Crippen LogP contribution in [-0.2, 0) is 19.1 Å². The van der Waals surface area contributed by atoms with E-state index in [1.807, 2.05) is 0 Å². The van der Waals surface area contributed by atoms with Crippen LogP contribution in [0.15, 0.2) is 12.7 Å². The molecule has 0 radical (unpaired) electrons. The molecule has 0 aliphatic heterocycles. The van der Waals surface area contributed by atoms with Crippen molar-refractivity contribution in [1.29, 1.82) is 0 Å². The normalized spacial score (nSPS) is 45.8. The van der Waals surface area contributed by atoms with Gasteiger partial charge in [-0.1, -0.05) is 13.5 Å². The first kappa shape index (κ1) is 17.4. The van der Waals surface area contributed by atoms with Crippen molar-refractivity contribution in [3.8, 4) is 0 Å². The molecule has 0 aromatic rings. The summed E-state index contributed by atoms with van der Waals surface area (Å²) in [5, 5.41) is 32.3. The number of hydrogen-bond acceptors (Lipinski definition) is 7. The van der Waals surface area contributed by atoms with E-state index in [1.165, 1.54) is 0 Å². The molecule has 4 rings (SSSR count). The van der Waals surface area contributed by atoms with Crippen LogP contribution in [0.3, 0.4) is 0 Å². The second-order valence-corrected chi connectivity index (χ2v) is 7.82. The van der Waals surface area contributed by atoms with Crippen molar-refractivity contribution in [3.05, 3.63) is 12.7 Å². The standard InChI is InChI=1S/C17H24O7/c1-3-12(18)23-5-4-13(19)24-17-9-14(20)6-15(21,10-17)8-16(22,7-14)11(17)2/h3,11,20-22H,1,4-10H2,2H3. The lowest BCUT2D eigenvalue weighted by Crippen LogP contribution is -2.76. The molecule has 3 unspecified atom stereocenters. The molecule has 0 saturated heterocycles. The topological polar surface area (TPSA) is 113 Å². The lowest BCUT2D eigenvalue weighted by molar-refractivity contribution is -0.325. The Morgan fingerprint density at radius 1 is 1.12 bits per heavy atom. The molecule has 3 atom stereocenters. The number of hydrogen-bond donors (Lipinski definition) is 3. The van der Waals surface area contributed by atoms with Crippen molar-refractivity contribution >= 4 is 11.9 Å². The molecule has 0 spiro atoms. The van der Waals surface area contributed by atoms with E-state index >= 15 is 0 Å². The third kappa shape index (κ3) is 2.74. The number of carbonyl (C=O) groups excluding carboxylic acids is 2. The van der Waals surface area contributed by atoms with Crippen molar-refractivity contribution in [2.75, 3.05) is 6.61 Å². The summed E-state index contributed by atoms with van der Waals surface area (Å²) < 4.78 is 10.4.